The van der Waals surface area contributed by atoms with Gasteiger partial charge in [0.25, 0.3) is 0 Å². The van der Waals surface area contributed by atoms with Gasteiger partial charge in [-0.25, -0.2) is 4.79 Å². The fourth-order valence-electron chi connectivity index (χ4n) is 2.18. The number of hydrogen-bond acceptors (Lipinski definition) is 3. The number of aryl methyl sites for hydroxylation is 1. The number of halogens is 1. The van der Waals surface area contributed by atoms with Gasteiger partial charge in [-0.3, -0.25) is 0 Å². The van der Waals surface area contributed by atoms with Crippen molar-refractivity contribution in [1.29, 1.82) is 0 Å². The van der Waals surface area contributed by atoms with Crippen molar-refractivity contribution in [3.05, 3.63) is 70.4 Å². The Morgan fingerprint density at radius 1 is 1.19 bits per heavy atom. The predicted molar refractivity (Wildman–Crippen MR) is 81.5 cm³/mol. The maximum absolute atomic E-state index is 12.1. The zero-order valence-corrected chi connectivity index (χ0v) is 12.2. The standard InChI is InChI=1S/C17H13ClO3/c1-11-14-9-13(18)7-8-15(14)21-16(11)17(19)20-10-12-5-3-2-4-6-12/h2-9H,10H2,1H3. The highest BCUT2D eigenvalue weighted by atomic mass is 35.5. The van der Waals surface area contributed by atoms with Crippen LogP contribution in [-0.2, 0) is 11.3 Å². The first-order valence-electron chi connectivity index (χ1n) is 6.55. The molecule has 3 nitrogen and oxygen atoms in total. The Kier molecular flexibility index (Phi) is 3.67. The van der Waals surface area contributed by atoms with Crippen molar-refractivity contribution < 1.29 is 13.9 Å². The van der Waals surface area contributed by atoms with Gasteiger partial charge >= 0.3 is 5.97 Å². The molecule has 0 aliphatic heterocycles. The fourth-order valence-corrected chi connectivity index (χ4v) is 2.35. The Labute approximate surface area is 127 Å². The van der Waals surface area contributed by atoms with E-state index in [1.165, 1.54) is 0 Å². The Morgan fingerprint density at radius 3 is 2.71 bits per heavy atom. The fraction of sp³-hybridized carbons (Fsp3) is 0.118. The molecule has 21 heavy (non-hydrogen) atoms. The van der Waals surface area contributed by atoms with E-state index in [0.717, 1.165) is 16.5 Å². The van der Waals surface area contributed by atoms with Gasteiger partial charge in [0.2, 0.25) is 5.76 Å². The maximum Gasteiger partial charge on any atom is 0.374 e. The third-order valence-corrected chi connectivity index (χ3v) is 3.53. The quantitative estimate of drug-likeness (QED) is 0.655. The molecular weight excluding hydrogens is 288 g/mol. The predicted octanol–water partition coefficient (Wildman–Crippen LogP) is 4.75. The van der Waals surface area contributed by atoms with Gasteiger partial charge < -0.3 is 9.15 Å². The van der Waals surface area contributed by atoms with E-state index in [4.69, 9.17) is 20.8 Å². The molecule has 0 saturated heterocycles. The van der Waals surface area contributed by atoms with Gasteiger partial charge in [0.1, 0.15) is 12.2 Å². The average Bonchev–Trinajstić information content (AvgIpc) is 2.83. The molecule has 0 atom stereocenters. The molecule has 0 saturated carbocycles. The van der Waals surface area contributed by atoms with Crippen molar-refractivity contribution in [3.8, 4) is 0 Å². The summed E-state index contributed by atoms with van der Waals surface area (Å²) in [6, 6.07) is 14.8. The number of furan rings is 1. The molecule has 0 unspecified atom stereocenters. The summed E-state index contributed by atoms with van der Waals surface area (Å²) in [5, 5.41) is 1.43. The normalized spacial score (nSPS) is 10.8. The van der Waals surface area contributed by atoms with Gasteiger partial charge in [-0.05, 0) is 30.7 Å². The topological polar surface area (TPSA) is 39.4 Å². The monoisotopic (exact) mass is 300 g/mol. The third kappa shape index (κ3) is 2.78. The van der Waals surface area contributed by atoms with Crippen molar-refractivity contribution >= 4 is 28.5 Å². The first-order chi connectivity index (χ1) is 10.1. The van der Waals surface area contributed by atoms with Crippen molar-refractivity contribution in [2.24, 2.45) is 0 Å². The molecule has 3 rings (SSSR count). The molecule has 0 N–H and O–H groups in total. The van der Waals surface area contributed by atoms with Crippen LogP contribution >= 0.6 is 11.6 Å². The van der Waals surface area contributed by atoms with Gasteiger partial charge in [-0.15, -0.1) is 0 Å². The minimum absolute atomic E-state index is 0.219. The molecule has 0 aliphatic rings. The number of carbonyl (C=O) groups is 1. The van der Waals surface area contributed by atoms with Crippen LogP contribution in [0.1, 0.15) is 21.7 Å². The van der Waals surface area contributed by atoms with Crippen molar-refractivity contribution in [3.63, 3.8) is 0 Å². The van der Waals surface area contributed by atoms with Crippen LogP contribution in [0, 0.1) is 6.92 Å². The van der Waals surface area contributed by atoms with E-state index < -0.39 is 5.97 Å². The lowest BCUT2D eigenvalue weighted by Crippen LogP contribution is -2.05. The van der Waals surface area contributed by atoms with E-state index in [9.17, 15) is 4.79 Å². The molecule has 0 fully saturated rings. The minimum atomic E-state index is -0.469. The van der Waals surface area contributed by atoms with E-state index in [1.54, 1.807) is 18.2 Å². The number of fused-ring (bicyclic) bond motifs is 1. The number of esters is 1. The second kappa shape index (κ2) is 5.62. The van der Waals surface area contributed by atoms with E-state index in [2.05, 4.69) is 0 Å². The Bertz CT molecular complexity index is 790. The molecule has 2 aromatic carbocycles. The molecule has 0 spiro atoms. The zero-order valence-electron chi connectivity index (χ0n) is 11.4. The highest BCUT2D eigenvalue weighted by molar-refractivity contribution is 6.31. The second-order valence-corrected chi connectivity index (χ2v) is 5.19. The van der Waals surface area contributed by atoms with Gasteiger partial charge in [0, 0.05) is 16.0 Å². The summed E-state index contributed by atoms with van der Waals surface area (Å²) in [5.74, 6) is -0.244. The maximum atomic E-state index is 12.1. The van der Waals surface area contributed by atoms with E-state index >= 15 is 0 Å². The highest BCUT2D eigenvalue weighted by Crippen LogP contribution is 2.28. The first-order valence-corrected chi connectivity index (χ1v) is 6.92. The van der Waals surface area contributed by atoms with Crippen LogP contribution in [0.3, 0.4) is 0 Å². The lowest BCUT2D eigenvalue weighted by molar-refractivity contribution is 0.0437. The van der Waals surface area contributed by atoms with Crippen LogP contribution in [0.4, 0.5) is 0 Å². The molecule has 1 aromatic heterocycles. The molecule has 0 aliphatic carbocycles. The van der Waals surface area contributed by atoms with Gasteiger partial charge in [-0.1, -0.05) is 41.9 Å². The van der Waals surface area contributed by atoms with Crippen LogP contribution in [-0.4, -0.2) is 5.97 Å². The van der Waals surface area contributed by atoms with Gasteiger partial charge in [-0.2, -0.15) is 0 Å². The Balaban J connectivity index is 1.83. The lowest BCUT2D eigenvalue weighted by Gasteiger charge is -2.03. The number of carbonyl (C=O) groups excluding carboxylic acids is 1. The summed E-state index contributed by atoms with van der Waals surface area (Å²) in [6.07, 6.45) is 0. The van der Waals surface area contributed by atoms with E-state index in [1.807, 2.05) is 37.3 Å². The molecular formula is C17H13ClO3. The first kappa shape index (κ1) is 13.7. The van der Waals surface area contributed by atoms with Crippen molar-refractivity contribution in [2.75, 3.05) is 0 Å². The molecule has 0 bridgehead atoms. The van der Waals surface area contributed by atoms with Crippen molar-refractivity contribution in [1.82, 2.24) is 0 Å². The Morgan fingerprint density at radius 2 is 1.95 bits per heavy atom. The summed E-state index contributed by atoms with van der Waals surface area (Å²) in [7, 11) is 0. The summed E-state index contributed by atoms with van der Waals surface area (Å²) in [4.78, 5) is 12.1. The zero-order chi connectivity index (χ0) is 14.8. The van der Waals surface area contributed by atoms with Crippen LogP contribution in [0.15, 0.2) is 52.9 Å². The molecule has 3 aromatic rings. The van der Waals surface area contributed by atoms with Crippen LogP contribution < -0.4 is 0 Å². The third-order valence-electron chi connectivity index (χ3n) is 3.30. The summed E-state index contributed by atoms with van der Waals surface area (Å²) in [6.45, 7) is 2.04. The molecule has 106 valence electrons. The van der Waals surface area contributed by atoms with Gasteiger partial charge in [0.15, 0.2) is 0 Å². The number of hydrogen-bond donors (Lipinski definition) is 0. The molecule has 0 radical (unpaired) electrons. The highest BCUT2D eigenvalue weighted by Gasteiger charge is 2.19. The number of rotatable bonds is 3. The Hall–Kier alpha value is -2.26. The SMILES string of the molecule is Cc1c(C(=O)OCc2ccccc2)oc2ccc(Cl)cc12. The minimum Gasteiger partial charge on any atom is -0.455 e. The van der Waals surface area contributed by atoms with E-state index in [0.29, 0.717) is 10.6 Å². The second-order valence-electron chi connectivity index (χ2n) is 4.76. The van der Waals surface area contributed by atoms with E-state index in [-0.39, 0.29) is 12.4 Å². The van der Waals surface area contributed by atoms with Crippen LogP contribution in [0.2, 0.25) is 5.02 Å². The smallest absolute Gasteiger partial charge is 0.374 e. The lowest BCUT2D eigenvalue weighted by atomic mass is 10.1. The molecule has 0 amide bonds. The molecule has 4 heteroatoms. The summed E-state index contributed by atoms with van der Waals surface area (Å²) in [5.41, 5.74) is 2.30. The average molecular weight is 301 g/mol. The number of benzene rings is 2. The van der Waals surface area contributed by atoms with Crippen LogP contribution in [0.5, 0.6) is 0 Å². The largest absolute Gasteiger partial charge is 0.455 e. The van der Waals surface area contributed by atoms with Crippen molar-refractivity contribution in [2.45, 2.75) is 13.5 Å². The molecule has 1 heterocycles. The summed E-state index contributed by atoms with van der Waals surface area (Å²) < 4.78 is 10.9. The number of ether oxygens (including phenoxy) is 1. The van der Waals surface area contributed by atoms with Gasteiger partial charge in [0.05, 0.1) is 0 Å². The van der Waals surface area contributed by atoms with Crippen LogP contribution in [0.25, 0.3) is 11.0 Å². The summed E-state index contributed by atoms with van der Waals surface area (Å²) >= 11 is 5.96.